The van der Waals surface area contributed by atoms with Gasteiger partial charge in [-0.3, -0.25) is 0 Å². The first-order valence-corrected chi connectivity index (χ1v) is 11.7. The van der Waals surface area contributed by atoms with Crippen LogP contribution in [0.1, 0.15) is 11.1 Å². The molecule has 0 heterocycles. The third-order valence-corrected chi connectivity index (χ3v) is 1.66. The summed E-state index contributed by atoms with van der Waals surface area (Å²) in [7, 11) is 9.86. The fraction of sp³-hybridized carbons (Fsp3) is 0.167. The Hall–Kier alpha value is -0.0317. The molecule has 2 rings (SSSR count). The van der Waals surface area contributed by atoms with Crippen LogP contribution in [0.15, 0.2) is 48.5 Å². The van der Waals surface area contributed by atoms with Crippen molar-refractivity contribution in [3.63, 3.8) is 0 Å². The van der Waals surface area contributed by atoms with E-state index in [1.54, 1.807) is 0 Å². The van der Waals surface area contributed by atoms with Crippen LogP contribution in [0.5, 0.6) is 0 Å². The average molecular weight is 413 g/mol. The maximum absolute atomic E-state index is 4.93. The van der Waals surface area contributed by atoms with Crippen molar-refractivity contribution in [3.05, 3.63) is 59.7 Å². The van der Waals surface area contributed by atoms with E-state index in [2.05, 4.69) is 38.1 Å². The zero-order chi connectivity index (χ0) is 11.5. The molecule has 0 radical (unpaired) electrons. The SMILES string of the molecule is C[c-]1cccc1.C[c-]1cccc1.[Cl][W][Cl]. The summed E-state index contributed by atoms with van der Waals surface area (Å²) >= 11 is -0.806. The van der Waals surface area contributed by atoms with E-state index in [1.165, 1.54) is 11.1 Å². The molecule has 84 valence electrons. The van der Waals surface area contributed by atoms with Gasteiger partial charge < -0.3 is 0 Å². The molecule has 0 N–H and O–H groups in total. The van der Waals surface area contributed by atoms with Gasteiger partial charge in [0.15, 0.2) is 0 Å². The minimum atomic E-state index is -0.806. The first-order chi connectivity index (χ1) is 7.20. The van der Waals surface area contributed by atoms with Crippen LogP contribution in [0.25, 0.3) is 0 Å². The molecule has 0 aliphatic carbocycles. The van der Waals surface area contributed by atoms with Crippen molar-refractivity contribution >= 4 is 18.8 Å². The van der Waals surface area contributed by atoms with E-state index >= 15 is 0 Å². The van der Waals surface area contributed by atoms with Gasteiger partial charge in [0.2, 0.25) is 0 Å². The monoisotopic (exact) mass is 412 g/mol. The molecule has 3 heteroatoms. The van der Waals surface area contributed by atoms with Gasteiger partial charge in [-0.1, -0.05) is 13.8 Å². The number of hydrogen-bond donors (Lipinski definition) is 0. The van der Waals surface area contributed by atoms with E-state index in [0.717, 1.165) is 0 Å². The van der Waals surface area contributed by atoms with Gasteiger partial charge in [-0.2, -0.15) is 35.4 Å². The van der Waals surface area contributed by atoms with Gasteiger partial charge in [-0.25, -0.2) is 24.3 Å². The molecule has 0 aliphatic rings. The van der Waals surface area contributed by atoms with E-state index in [4.69, 9.17) is 18.8 Å². The minimum absolute atomic E-state index is 0.806. The molecule has 0 atom stereocenters. The third-order valence-electron chi connectivity index (χ3n) is 1.66. The Morgan fingerprint density at radius 2 is 0.933 bits per heavy atom. The van der Waals surface area contributed by atoms with E-state index in [0.29, 0.717) is 0 Å². The summed E-state index contributed by atoms with van der Waals surface area (Å²) in [4.78, 5) is 0. The molecule has 0 saturated heterocycles. The predicted octanol–water partition coefficient (Wildman–Crippen LogP) is 4.80. The molecule has 2 aromatic carbocycles. The van der Waals surface area contributed by atoms with Gasteiger partial charge in [0, 0.05) is 0 Å². The van der Waals surface area contributed by atoms with Crippen LogP contribution in [0, 0.1) is 13.8 Å². The summed E-state index contributed by atoms with van der Waals surface area (Å²) in [5, 5.41) is 0. The fourth-order valence-electron chi connectivity index (χ4n) is 0.940. The van der Waals surface area contributed by atoms with Crippen LogP contribution in [0.3, 0.4) is 0 Å². The molecule has 0 aliphatic heterocycles. The normalized spacial score (nSPS) is 8.27. The second-order valence-electron chi connectivity index (χ2n) is 2.98. The summed E-state index contributed by atoms with van der Waals surface area (Å²) < 4.78 is 0. The molecule has 0 aromatic heterocycles. The Morgan fingerprint density at radius 3 is 1.00 bits per heavy atom. The third kappa shape index (κ3) is 10.3. The van der Waals surface area contributed by atoms with Gasteiger partial charge in [0.05, 0.1) is 0 Å². The van der Waals surface area contributed by atoms with Gasteiger partial charge >= 0.3 is 35.3 Å². The van der Waals surface area contributed by atoms with Crippen LogP contribution in [-0.2, 0) is 16.5 Å². The summed E-state index contributed by atoms with van der Waals surface area (Å²) in [6, 6.07) is 16.5. The number of rotatable bonds is 0. The molecule has 0 fully saturated rings. The first-order valence-electron chi connectivity index (χ1n) is 4.46. The van der Waals surface area contributed by atoms with Crippen molar-refractivity contribution in [3.8, 4) is 0 Å². The zero-order valence-corrected chi connectivity index (χ0v) is 13.2. The summed E-state index contributed by atoms with van der Waals surface area (Å²) in [5.74, 6) is 0. The second-order valence-corrected chi connectivity index (χ2v) is 7.22. The Bertz CT molecular complexity index is 266. The van der Waals surface area contributed by atoms with Crippen LogP contribution in [-0.4, -0.2) is 0 Å². The molecule has 0 bridgehead atoms. The molecule has 2 aromatic rings. The van der Waals surface area contributed by atoms with Crippen LogP contribution >= 0.6 is 18.8 Å². The van der Waals surface area contributed by atoms with Crippen molar-refractivity contribution in [2.24, 2.45) is 0 Å². The van der Waals surface area contributed by atoms with Gasteiger partial charge in [0.25, 0.3) is 0 Å². The zero-order valence-electron chi connectivity index (χ0n) is 8.78. The first kappa shape index (κ1) is 15.0. The van der Waals surface area contributed by atoms with E-state index in [-0.39, 0.29) is 0 Å². The summed E-state index contributed by atoms with van der Waals surface area (Å²) in [6.45, 7) is 4.17. The molecule has 0 spiro atoms. The molecule has 0 nitrogen and oxygen atoms in total. The van der Waals surface area contributed by atoms with Crippen LogP contribution < -0.4 is 0 Å². The van der Waals surface area contributed by atoms with Gasteiger partial charge in [0.1, 0.15) is 0 Å². The predicted molar refractivity (Wildman–Crippen MR) is 65.3 cm³/mol. The van der Waals surface area contributed by atoms with E-state index in [9.17, 15) is 0 Å². The van der Waals surface area contributed by atoms with Crippen molar-refractivity contribution < 1.29 is 16.5 Å². The van der Waals surface area contributed by atoms with Gasteiger partial charge in [-0.05, 0) is 0 Å². The molecule has 0 unspecified atom stereocenters. The standard InChI is InChI=1S/2C6H7.2ClH.W/c2*1-6-4-2-3-5-6;;;/h2*2-5H,1H3;2*1H;/q2*-1;;;+2/p-2. The average Bonchev–Trinajstić information content (AvgIpc) is 2.81. The Labute approximate surface area is 108 Å². The Kier molecular flexibility index (Phi) is 10.5. The number of hydrogen-bond acceptors (Lipinski definition) is 0. The number of halogens is 2. The Morgan fingerprint density at radius 1 is 0.733 bits per heavy atom. The summed E-state index contributed by atoms with van der Waals surface area (Å²) in [6.07, 6.45) is 0. The topological polar surface area (TPSA) is 0 Å². The van der Waals surface area contributed by atoms with Crippen molar-refractivity contribution in [2.45, 2.75) is 13.8 Å². The second kappa shape index (κ2) is 10.5. The van der Waals surface area contributed by atoms with Crippen molar-refractivity contribution in [1.82, 2.24) is 0 Å². The molecule has 15 heavy (non-hydrogen) atoms. The number of aryl methyl sites for hydroxylation is 2. The molecular weight excluding hydrogens is 399 g/mol. The Balaban J connectivity index is 0.000000210. The van der Waals surface area contributed by atoms with Crippen molar-refractivity contribution in [1.29, 1.82) is 0 Å². The maximum atomic E-state index is 4.93. The molecule has 0 saturated carbocycles. The summed E-state index contributed by atoms with van der Waals surface area (Å²) in [5.41, 5.74) is 2.69. The van der Waals surface area contributed by atoms with Crippen molar-refractivity contribution in [2.75, 3.05) is 0 Å². The quantitative estimate of drug-likeness (QED) is 0.545. The van der Waals surface area contributed by atoms with E-state index in [1.807, 2.05) is 24.3 Å². The fourth-order valence-corrected chi connectivity index (χ4v) is 0.940. The van der Waals surface area contributed by atoms with E-state index < -0.39 is 16.5 Å². The molecular formula is C12H14Cl2W-2. The van der Waals surface area contributed by atoms with Crippen LogP contribution in [0.2, 0.25) is 0 Å². The molecule has 0 amide bonds. The van der Waals surface area contributed by atoms with Crippen LogP contribution in [0.4, 0.5) is 0 Å². The van der Waals surface area contributed by atoms with Gasteiger partial charge in [-0.15, -0.1) is 0 Å².